The summed E-state index contributed by atoms with van der Waals surface area (Å²) in [5, 5.41) is 0. The monoisotopic (exact) mass is 586 g/mol. The lowest BCUT2D eigenvalue weighted by Gasteiger charge is -2.02. The minimum absolute atomic E-state index is 0.229. The first kappa shape index (κ1) is 28.7. The van der Waals surface area contributed by atoms with Crippen LogP contribution in [-0.2, 0) is 9.47 Å². The third-order valence-corrected chi connectivity index (χ3v) is 10.9. The van der Waals surface area contributed by atoms with Gasteiger partial charge in [-0.3, -0.25) is 0 Å². The minimum atomic E-state index is -0.229. The molecule has 0 spiro atoms. The zero-order chi connectivity index (χ0) is 26.7. The minimum Gasteiger partial charge on any atom is -0.462 e. The number of rotatable bonds is 15. The summed E-state index contributed by atoms with van der Waals surface area (Å²) in [4.78, 5) is 32.9. The van der Waals surface area contributed by atoms with Crippen LogP contribution in [0.2, 0.25) is 0 Å². The number of esters is 2. The molecule has 4 aromatic rings. The average molecular weight is 587 g/mol. The second-order valence-corrected chi connectivity index (χ2v) is 13.4. The molecule has 4 heterocycles. The molecule has 38 heavy (non-hydrogen) atoms. The van der Waals surface area contributed by atoms with Crippen LogP contribution in [0, 0.1) is 0 Å². The zero-order valence-corrected chi connectivity index (χ0v) is 25.2. The van der Waals surface area contributed by atoms with Gasteiger partial charge in [0.15, 0.2) is 0 Å². The number of hydrogen-bond acceptors (Lipinski definition) is 8. The first-order valence-corrected chi connectivity index (χ1v) is 16.6. The SMILES string of the molecule is CCCCCCOC(=O)c1ccc(-c2ccc(-c3ccc(-c4ccc(C(=O)OCCCCCC)s4)s3)s2)s1. The van der Waals surface area contributed by atoms with Crippen molar-refractivity contribution in [2.45, 2.75) is 65.2 Å². The van der Waals surface area contributed by atoms with E-state index in [2.05, 4.69) is 38.1 Å². The third-order valence-electron chi connectivity index (χ3n) is 6.02. The van der Waals surface area contributed by atoms with E-state index in [0.717, 1.165) is 45.2 Å². The van der Waals surface area contributed by atoms with Crippen molar-refractivity contribution < 1.29 is 19.1 Å². The molecule has 0 amide bonds. The Morgan fingerprint density at radius 1 is 0.500 bits per heavy atom. The number of carbonyl (C=O) groups excluding carboxylic acids is 2. The van der Waals surface area contributed by atoms with E-state index in [4.69, 9.17) is 9.47 Å². The van der Waals surface area contributed by atoms with Gasteiger partial charge in [0.05, 0.1) is 13.2 Å². The van der Waals surface area contributed by atoms with Gasteiger partial charge in [-0.2, -0.15) is 0 Å². The Hall–Kier alpha value is -2.26. The summed E-state index contributed by atoms with van der Waals surface area (Å²) in [5.74, 6) is -0.457. The second-order valence-electron chi connectivity index (χ2n) is 9.05. The lowest BCUT2D eigenvalue weighted by molar-refractivity contribution is 0.0494. The van der Waals surface area contributed by atoms with E-state index >= 15 is 0 Å². The summed E-state index contributed by atoms with van der Waals surface area (Å²) >= 11 is 6.41. The first-order valence-electron chi connectivity index (χ1n) is 13.3. The molecule has 0 N–H and O–H groups in total. The molecule has 0 aromatic carbocycles. The maximum absolute atomic E-state index is 12.4. The Bertz CT molecular complexity index is 1210. The van der Waals surface area contributed by atoms with Crippen LogP contribution in [0.1, 0.15) is 84.6 Å². The van der Waals surface area contributed by atoms with Crippen molar-refractivity contribution in [3.63, 3.8) is 0 Å². The summed E-state index contributed by atoms with van der Waals surface area (Å²) in [7, 11) is 0. The van der Waals surface area contributed by atoms with E-state index in [0.29, 0.717) is 23.0 Å². The van der Waals surface area contributed by atoms with Crippen LogP contribution in [-0.4, -0.2) is 25.2 Å². The number of ether oxygens (including phenoxy) is 2. The highest BCUT2D eigenvalue weighted by Crippen LogP contribution is 2.43. The van der Waals surface area contributed by atoms with Crippen LogP contribution in [0.3, 0.4) is 0 Å². The van der Waals surface area contributed by atoms with Crippen LogP contribution in [0.25, 0.3) is 29.3 Å². The highest BCUT2D eigenvalue weighted by molar-refractivity contribution is 7.28. The van der Waals surface area contributed by atoms with Gasteiger partial charge in [0.2, 0.25) is 0 Å². The number of hydrogen-bond donors (Lipinski definition) is 0. The molecule has 4 nitrogen and oxygen atoms in total. The van der Waals surface area contributed by atoms with Crippen molar-refractivity contribution in [1.82, 2.24) is 0 Å². The van der Waals surface area contributed by atoms with Gasteiger partial charge in [-0.15, -0.1) is 45.3 Å². The molecule has 4 rings (SSSR count). The molecule has 0 aliphatic rings. The molecule has 202 valence electrons. The van der Waals surface area contributed by atoms with Gasteiger partial charge in [-0.1, -0.05) is 52.4 Å². The Kier molecular flexibility index (Phi) is 11.2. The van der Waals surface area contributed by atoms with E-state index in [-0.39, 0.29) is 11.9 Å². The van der Waals surface area contributed by atoms with Gasteiger partial charge in [0.25, 0.3) is 0 Å². The molecule has 0 saturated heterocycles. The molecule has 0 atom stereocenters. The van der Waals surface area contributed by atoms with E-state index in [1.165, 1.54) is 58.1 Å². The van der Waals surface area contributed by atoms with Crippen molar-refractivity contribution in [2.75, 3.05) is 13.2 Å². The van der Waals surface area contributed by atoms with Gasteiger partial charge in [0, 0.05) is 29.3 Å². The maximum atomic E-state index is 12.4. The fourth-order valence-corrected chi connectivity index (χ4v) is 7.98. The lowest BCUT2D eigenvalue weighted by atomic mass is 10.2. The molecule has 0 aliphatic carbocycles. The van der Waals surface area contributed by atoms with E-state index < -0.39 is 0 Å². The molecule has 0 saturated carbocycles. The topological polar surface area (TPSA) is 52.6 Å². The van der Waals surface area contributed by atoms with E-state index in [1.54, 1.807) is 22.7 Å². The smallest absolute Gasteiger partial charge is 0.348 e. The molecule has 0 aliphatic heterocycles. The summed E-state index contributed by atoms with van der Waals surface area (Å²) in [5.41, 5.74) is 0. The number of carbonyl (C=O) groups is 2. The summed E-state index contributed by atoms with van der Waals surface area (Å²) < 4.78 is 10.9. The zero-order valence-electron chi connectivity index (χ0n) is 22.0. The largest absolute Gasteiger partial charge is 0.462 e. The normalized spacial score (nSPS) is 11.1. The quantitative estimate of drug-likeness (QED) is 0.103. The van der Waals surface area contributed by atoms with Crippen molar-refractivity contribution in [3.05, 3.63) is 58.3 Å². The molecule has 4 aromatic heterocycles. The molecule has 0 bridgehead atoms. The van der Waals surface area contributed by atoms with Gasteiger partial charge < -0.3 is 9.47 Å². The number of unbranched alkanes of at least 4 members (excludes halogenated alkanes) is 6. The van der Waals surface area contributed by atoms with Gasteiger partial charge in [-0.05, 0) is 61.4 Å². The van der Waals surface area contributed by atoms with Crippen LogP contribution in [0.5, 0.6) is 0 Å². The molecular weight excluding hydrogens is 553 g/mol. The van der Waals surface area contributed by atoms with Gasteiger partial charge in [-0.25, -0.2) is 9.59 Å². The predicted molar refractivity (Wildman–Crippen MR) is 163 cm³/mol. The second kappa shape index (κ2) is 14.8. The molecule has 0 radical (unpaired) electrons. The van der Waals surface area contributed by atoms with E-state index in [1.807, 2.05) is 24.3 Å². The maximum Gasteiger partial charge on any atom is 0.348 e. The van der Waals surface area contributed by atoms with Gasteiger partial charge >= 0.3 is 11.9 Å². The van der Waals surface area contributed by atoms with Gasteiger partial charge in [0.1, 0.15) is 9.75 Å². The fraction of sp³-hybridized carbons (Fsp3) is 0.400. The van der Waals surface area contributed by atoms with E-state index in [9.17, 15) is 9.59 Å². The highest BCUT2D eigenvalue weighted by Gasteiger charge is 2.16. The van der Waals surface area contributed by atoms with Crippen molar-refractivity contribution in [3.8, 4) is 29.3 Å². The molecule has 0 fully saturated rings. The Morgan fingerprint density at radius 2 is 0.842 bits per heavy atom. The summed E-state index contributed by atoms with van der Waals surface area (Å²) in [6, 6.07) is 16.2. The Morgan fingerprint density at radius 3 is 1.21 bits per heavy atom. The van der Waals surface area contributed by atoms with Crippen molar-refractivity contribution in [1.29, 1.82) is 0 Å². The number of thiophene rings is 4. The fourth-order valence-electron chi connectivity index (χ4n) is 3.90. The summed E-state index contributed by atoms with van der Waals surface area (Å²) in [6.07, 6.45) is 8.73. The average Bonchev–Trinajstić information content (AvgIpc) is 3.73. The van der Waals surface area contributed by atoms with Crippen LogP contribution < -0.4 is 0 Å². The third kappa shape index (κ3) is 7.88. The van der Waals surface area contributed by atoms with Crippen LogP contribution in [0.4, 0.5) is 0 Å². The molecule has 8 heteroatoms. The Balaban J connectivity index is 1.34. The van der Waals surface area contributed by atoms with Crippen LogP contribution >= 0.6 is 45.3 Å². The molecule has 0 unspecified atom stereocenters. The van der Waals surface area contributed by atoms with Crippen molar-refractivity contribution >= 4 is 57.3 Å². The first-order chi connectivity index (χ1) is 18.6. The molecular formula is C30H34O4S4. The van der Waals surface area contributed by atoms with Crippen LogP contribution in [0.15, 0.2) is 48.5 Å². The standard InChI is InChI=1S/C30H34O4S4/c1-3-5-7-9-19-33-29(31)27-17-15-25(37-27)23-13-11-21(35-23)22-12-14-24(36-22)26-16-18-28(38-26)30(32)34-20-10-8-6-4-2/h11-18H,3-10,19-20H2,1-2H3. The van der Waals surface area contributed by atoms with Crippen molar-refractivity contribution in [2.24, 2.45) is 0 Å². The lowest BCUT2D eigenvalue weighted by Crippen LogP contribution is -2.04. The predicted octanol–water partition coefficient (Wildman–Crippen LogP) is 10.4. The highest BCUT2D eigenvalue weighted by atomic mass is 32.1. The summed E-state index contributed by atoms with van der Waals surface area (Å²) in [6.45, 7) is 5.31. The Labute approximate surface area is 241 Å².